The summed E-state index contributed by atoms with van der Waals surface area (Å²) in [5.41, 5.74) is 1.77. The Bertz CT molecular complexity index is 584. The highest BCUT2D eigenvalue weighted by Gasteiger charge is 2.49. The molecule has 0 unspecified atom stereocenters. The topological polar surface area (TPSA) is 47.5 Å². The second kappa shape index (κ2) is 6.59. The molecule has 6 heteroatoms. The van der Waals surface area contributed by atoms with Crippen LogP contribution < -0.4 is 0 Å². The summed E-state index contributed by atoms with van der Waals surface area (Å²) >= 11 is 1.73. The third-order valence-electron chi connectivity index (χ3n) is 5.55. The van der Waals surface area contributed by atoms with Crippen LogP contribution in [0.15, 0.2) is 11.6 Å². The van der Waals surface area contributed by atoms with Crippen LogP contribution in [-0.4, -0.2) is 54.1 Å². The molecule has 0 aromatic carbocycles. The lowest BCUT2D eigenvalue weighted by molar-refractivity contribution is -0.0874. The molecule has 0 aliphatic carbocycles. The third kappa shape index (κ3) is 2.97. The van der Waals surface area contributed by atoms with Gasteiger partial charge >= 0.3 is 0 Å². The van der Waals surface area contributed by atoms with Crippen molar-refractivity contribution in [3.63, 3.8) is 0 Å². The average Bonchev–Trinajstić information content (AvgIpc) is 3.01. The lowest BCUT2D eigenvalue weighted by atomic mass is 9.65. The van der Waals surface area contributed by atoms with E-state index in [0.717, 1.165) is 62.4 Å². The van der Waals surface area contributed by atoms with Crippen molar-refractivity contribution in [3.8, 4) is 0 Å². The molecule has 0 bridgehead atoms. The van der Waals surface area contributed by atoms with E-state index < -0.39 is 0 Å². The maximum atomic E-state index is 5.96. The number of ether oxygens (including phenoxy) is 2. The van der Waals surface area contributed by atoms with Gasteiger partial charge in [0.2, 0.25) is 0 Å². The van der Waals surface area contributed by atoms with Gasteiger partial charge in [-0.05, 0) is 39.2 Å². The van der Waals surface area contributed by atoms with E-state index >= 15 is 0 Å². The highest BCUT2D eigenvalue weighted by Crippen LogP contribution is 2.48. The summed E-state index contributed by atoms with van der Waals surface area (Å²) < 4.78 is 11.5. The Morgan fingerprint density at radius 3 is 3.09 bits per heavy atom. The molecule has 0 spiro atoms. The van der Waals surface area contributed by atoms with Crippen LogP contribution in [0.3, 0.4) is 0 Å². The van der Waals surface area contributed by atoms with E-state index in [1.165, 1.54) is 12.8 Å². The van der Waals surface area contributed by atoms with Gasteiger partial charge in [0.15, 0.2) is 0 Å². The van der Waals surface area contributed by atoms with Gasteiger partial charge in [0, 0.05) is 18.1 Å². The molecule has 2 fully saturated rings. The Kier molecular flexibility index (Phi) is 4.50. The molecule has 2 atom stereocenters. The highest BCUT2D eigenvalue weighted by atomic mass is 32.1. The second-order valence-electron chi connectivity index (χ2n) is 6.86. The number of likely N-dealkylation sites (tertiary alicyclic amines) is 1. The molecule has 4 rings (SSSR count). The first-order chi connectivity index (χ1) is 11.3. The van der Waals surface area contributed by atoms with E-state index in [-0.39, 0.29) is 5.41 Å². The van der Waals surface area contributed by atoms with Crippen LogP contribution in [-0.2, 0) is 16.0 Å². The first-order valence-electron chi connectivity index (χ1n) is 8.66. The number of hydrogen-bond donors (Lipinski definition) is 0. The Labute approximate surface area is 141 Å². The van der Waals surface area contributed by atoms with Crippen molar-refractivity contribution in [3.05, 3.63) is 21.7 Å². The normalized spacial score (nSPS) is 32.4. The predicted molar refractivity (Wildman–Crippen MR) is 89.5 cm³/mol. The van der Waals surface area contributed by atoms with Gasteiger partial charge in [0.05, 0.1) is 26.4 Å². The minimum absolute atomic E-state index is 0.194. The number of fused-ring (bicyclic) bond motifs is 1. The van der Waals surface area contributed by atoms with Gasteiger partial charge in [-0.2, -0.15) is 0 Å². The summed E-state index contributed by atoms with van der Waals surface area (Å²) in [5, 5.41) is 10.7. The van der Waals surface area contributed by atoms with Gasteiger partial charge in [0.1, 0.15) is 10.0 Å². The van der Waals surface area contributed by atoms with Gasteiger partial charge in [-0.3, -0.25) is 4.90 Å². The van der Waals surface area contributed by atoms with Crippen LogP contribution in [0.2, 0.25) is 0 Å². The molecule has 2 saturated heterocycles. The molecule has 4 heterocycles. The standard InChI is InChI=1S/C17H25N3O2S/c1-13-18-19-16(23-13)11-20-7-2-6-17(12-22-10-5-15(17)20)14-3-8-21-9-4-14/h3,15H,2,4-12H2,1H3/t15-,17-/m0/s1. The molecule has 126 valence electrons. The number of aromatic nitrogens is 2. The number of rotatable bonds is 3. The SMILES string of the molecule is Cc1nnc(CN2CCC[C@@]3(C4=CCOCC4)COCC[C@H]23)s1. The first kappa shape index (κ1) is 15.7. The van der Waals surface area contributed by atoms with Crippen LogP contribution >= 0.6 is 11.3 Å². The number of hydrogen-bond acceptors (Lipinski definition) is 6. The smallest absolute Gasteiger partial charge is 0.131 e. The van der Waals surface area contributed by atoms with Crippen molar-refractivity contribution < 1.29 is 9.47 Å². The molecular weight excluding hydrogens is 310 g/mol. The second-order valence-corrected chi connectivity index (χ2v) is 8.12. The van der Waals surface area contributed by atoms with Crippen molar-refractivity contribution in [1.29, 1.82) is 0 Å². The minimum atomic E-state index is 0.194. The number of nitrogens with zero attached hydrogens (tertiary/aromatic N) is 3. The van der Waals surface area contributed by atoms with E-state index in [4.69, 9.17) is 9.47 Å². The van der Waals surface area contributed by atoms with Crippen LogP contribution in [0.4, 0.5) is 0 Å². The Balaban J connectivity index is 1.60. The lowest BCUT2D eigenvalue weighted by Gasteiger charge is -2.54. The highest BCUT2D eigenvalue weighted by molar-refractivity contribution is 7.11. The van der Waals surface area contributed by atoms with E-state index in [0.29, 0.717) is 6.04 Å². The number of piperidine rings is 1. The summed E-state index contributed by atoms with van der Waals surface area (Å²) in [6, 6.07) is 0.568. The summed E-state index contributed by atoms with van der Waals surface area (Å²) in [4.78, 5) is 2.64. The molecule has 3 aliphatic heterocycles. The van der Waals surface area contributed by atoms with Crippen molar-refractivity contribution in [2.24, 2.45) is 5.41 Å². The molecule has 23 heavy (non-hydrogen) atoms. The molecule has 0 radical (unpaired) electrons. The van der Waals surface area contributed by atoms with E-state index in [1.54, 1.807) is 16.9 Å². The van der Waals surface area contributed by atoms with Crippen LogP contribution in [0.25, 0.3) is 0 Å². The van der Waals surface area contributed by atoms with Crippen molar-refractivity contribution in [2.45, 2.75) is 45.2 Å². The fraction of sp³-hybridized carbons (Fsp3) is 0.765. The van der Waals surface area contributed by atoms with E-state index in [1.807, 2.05) is 6.92 Å². The summed E-state index contributed by atoms with van der Waals surface area (Å²) in [7, 11) is 0. The maximum absolute atomic E-state index is 5.96. The van der Waals surface area contributed by atoms with Crippen LogP contribution in [0.5, 0.6) is 0 Å². The van der Waals surface area contributed by atoms with Gasteiger partial charge < -0.3 is 9.47 Å². The molecule has 0 N–H and O–H groups in total. The maximum Gasteiger partial charge on any atom is 0.131 e. The van der Waals surface area contributed by atoms with Gasteiger partial charge in [-0.15, -0.1) is 21.5 Å². The first-order valence-corrected chi connectivity index (χ1v) is 9.48. The average molecular weight is 335 g/mol. The Morgan fingerprint density at radius 2 is 2.30 bits per heavy atom. The van der Waals surface area contributed by atoms with Crippen LogP contribution in [0, 0.1) is 12.3 Å². The molecule has 3 aliphatic rings. The lowest BCUT2D eigenvalue weighted by Crippen LogP contribution is -2.57. The monoisotopic (exact) mass is 335 g/mol. The predicted octanol–water partition coefficient (Wildman–Crippen LogP) is 2.56. The van der Waals surface area contributed by atoms with Crippen LogP contribution in [0.1, 0.15) is 35.7 Å². The zero-order valence-corrected chi connectivity index (χ0v) is 14.6. The minimum Gasteiger partial charge on any atom is -0.380 e. The molecular formula is C17H25N3O2S. The fourth-order valence-electron chi connectivity index (χ4n) is 4.56. The van der Waals surface area contributed by atoms with E-state index in [9.17, 15) is 0 Å². The zero-order valence-electron chi connectivity index (χ0n) is 13.8. The van der Waals surface area contributed by atoms with Gasteiger partial charge in [-0.25, -0.2) is 0 Å². The third-order valence-corrected chi connectivity index (χ3v) is 6.37. The van der Waals surface area contributed by atoms with Crippen molar-refractivity contribution in [2.75, 3.05) is 33.0 Å². The zero-order chi connectivity index (χ0) is 15.7. The molecule has 1 aromatic rings. The Morgan fingerprint density at radius 1 is 1.35 bits per heavy atom. The molecule has 0 amide bonds. The molecule has 5 nitrogen and oxygen atoms in total. The van der Waals surface area contributed by atoms with Crippen molar-refractivity contribution in [1.82, 2.24) is 15.1 Å². The quantitative estimate of drug-likeness (QED) is 0.795. The summed E-state index contributed by atoms with van der Waals surface area (Å²) in [6.45, 7) is 7.49. The van der Waals surface area contributed by atoms with Crippen molar-refractivity contribution >= 4 is 11.3 Å². The molecule has 0 saturated carbocycles. The number of aryl methyl sites for hydroxylation is 1. The summed E-state index contributed by atoms with van der Waals surface area (Å²) in [5.74, 6) is 0. The van der Waals surface area contributed by atoms with Gasteiger partial charge in [0.25, 0.3) is 0 Å². The fourth-order valence-corrected chi connectivity index (χ4v) is 5.29. The van der Waals surface area contributed by atoms with E-state index in [2.05, 4.69) is 21.2 Å². The Hall–Kier alpha value is -0.820. The summed E-state index contributed by atoms with van der Waals surface area (Å²) in [6.07, 6.45) is 6.98. The largest absolute Gasteiger partial charge is 0.380 e. The molecule has 1 aromatic heterocycles. The van der Waals surface area contributed by atoms with Gasteiger partial charge in [-0.1, -0.05) is 11.6 Å².